The average molecular weight is 372 g/mol. The minimum Gasteiger partial charge on any atom is -0.494 e. The van der Waals surface area contributed by atoms with Crippen molar-refractivity contribution in [1.82, 2.24) is 14.9 Å². The fourth-order valence-electron chi connectivity index (χ4n) is 2.65. The largest absolute Gasteiger partial charge is 0.494 e. The van der Waals surface area contributed by atoms with Crippen LogP contribution < -0.4 is 15.6 Å². The summed E-state index contributed by atoms with van der Waals surface area (Å²) in [5.41, 5.74) is 1.28. The number of carbonyl (C=O) groups excluding carboxylic acids is 1. The molecule has 3 aromatic rings. The van der Waals surface area contributed by atoms with Crippen LogP contribution in [0.5, 0.6) is 5.75 Å². The van der Waals surface area contributed by atoms with Crippen LogP contribution in [0.15, 0.2) is 53.6 Å². The molecule has 1 N–H and O–H groups in total. The van der Waals surface area contributed by atoms with Gasteiger partial charge in [-0.25, -0.2) is 4.98 Å². The Balaban J connectivity index is 1.65. The average Bonchev–Trinajstić information content (AvgIpc) is 2.65. The third-order valence-corrected chi connectivity index (χ3v) is 4.25. The zero-order valence-corrected chi connectivity index (χ0v) is 15.0. The van der Waals surface area contributed by atoms with E-state index in [0.29, 0.717) is 34.6 Å². The third-order valence-electron chi connectivity index (χ3n) is 4.00. The molecule has 26 heavy (non-hydrogen) atoms. The number of methoxy groups -OCH3 is 1. The minimum atomic E-state index is -0.276. The molecule has 0 unspecified atom stereocenters. The molecule has 0 aliphatic heterocycles. The minimum absolute atomic E-state index is 0.0837. The summed E-state index contributed by atoms with van der Waals surface area (Å²) in [4.78, 5) is 28.9. The van der Waals surface area contributed by atoms with E-state index in [1.54, 1.807) is 18.2 Å². The Morgan fingerprint density at radius 2 is 2.00 bits per heavy atom. The van der Waals surface area contributed by atoms with Crippen LogP contribution in [0.3, 0.4) is 0 Å². The first-order chi connectivity index (χ1) is 12.6. The summed E-state index contributed by atoms with van der Waals surface area (Å²) in [5.74, 6) is 0.282. The molecule has 134 valence electrons. The number of para-hydroxylation sites is 1. The second-order valence-electron chi connectivity index (χ2n) is 5.76. The molecule has 2 aromatic carbocycles. The Morgan fingerprint density at radius 3 is 2.73 bits per heavy atom. The summed E-state index contributed by atoms with van der Waals surface area (Å²) < 4.78 is 6.50. The number of ether oxygens (including phenoxy) is 1. The van der Waals surface area contributed by atoms with E-state index in [0.717, 1.165) is 5.56 Å². The molecule has 0 bridgehead atoms. The van der Waals surface area contributed by atoms with Crippen LogP contribution >= 0.6 is 11.6 Å². The van der Waals surface area contributed by atoms with E-state index in [4.69, 9.17) is 16.3 Å². The van der Waals surface area contributed by atoms with Gasteiger partial charge in [-0.05, 0) is 36.2 Å². The molecule has 0 fully saturated rings. The fourth-order valence-corrected chi connectivity index (χ4v) is 2.77. The van der Waals surface area contributed by atoms with Crippen LogP contribution in [0.2, 0.25) is 5.02 Å². The van der Waals surface area contributed by atoms with Crippen LogP contribution in [0.25, 0.3) is 10.9 Å². The number of nitrogens with one attached hydrogen (secondary N) is 1. The Kier molecular flexibility index (Phi) is 5.53. The summed E-state index contributed by atoms with van der Waals surface area (Å²) in [6, 6.07) is 12.6. The number of amides is 1. The van der Waals surface area contributed by atoms with Crippen molar-refractivity contribution in [2.24, 2.45) is 0 Å². The molecule has 0 spiro atoms. The van der Waals surface area contributed by atoms with Crippen molar-refractivity contribution in [1.29, 1.82) is 0 Å². The molecule has 0 saturated carbocycles. The van der Waals surface area contributed by atoms with Gasteiger partial charge >= 0.3 is 0 Å². The summed E-state index contributed by atoms with van der Waals surface area (Å²) in [6.45, 7) is 0.393. The van der Waals surface area contributed by atoms with Crippen molar-refractivity contribution >= 4 is 28.4 Å². The van der Waals surface area contributed by atoms with Crippen LogP contribution in [0.1, 0.15) is 5.56 Å². The van der Waals surface area contributed by atoms with Gasteiger partial charge in [-0.15, -0.1) is 0 Å². The van der Waals surface area contributed by atoms with Gasteiger partial charge in [0, 0.05) is 11.6 Å². The van der Waals surface area contributed by atoms with Gasteiger partial charge in [0.05, 0.1) is 18.8 Å². The van der Waals surface area contributed by atoms with Gasteiger partial charge in [0.25, 0.3) is 5.56 Å². The maximum absolute atomic E-state index is 12.5. The summed E-state index contributed by atoms with van der Waals surface area (Å²) >= 11 is 5.85. The highest BCUT2D eigenvalue weighted by molar-refractivity contribution is 6.30. The number of hydrogen-bond donors (Lipinski definition) is 1. The molecule has 3 rings (SSSR count). The Bertz CT molecular complexity index is 983. The summed E-state index contributed by atoms with van der Waals surface area (Å²) in [5, 5.41) is 3.90. The van der Waals surface area contributed by atoms with Crippen molar-refractivity contribution in [3.63, 3.8) is 0 Å². The standard InChI is InChI=1S/C19H18ClN3O3/c1-26-16-4-2-3-15-18(16)22-12-23(19(15)25)11-17(24)21-10-9-13-5-7-14(20)8-6-13/h2-8,12H,9-11H2,1H3,(H,21,24). The van der Waals surface area contributed by atoms with Crippen molar-refractivity contribution < 1.29 is 9.53 Å². The lowest BCUT2D eigenvalue weighted by atomic mass is 10.1. The topological polar surface area (TPSA) is 73.2 Å². The van der Waals surface area contributed by atoms with Gasteiger partial charge in [0.15, 0.2) is 0 Å². The zero-order valence-electron chi connectivity index (χ0n) is 14.2. The maximum atomic E-state index is 12.5. The van der Waals surface area contributed by atoms with Gasteiger partial charge in [-0.1, -0.05) is 29.8 Å². The number of halogens is 1. The monoisotopic (exact) mass is 371 g/mol. The number of nitrogens with zero attached hydrogens (tertiary/aromatic N) is 2. The lowest BCUT2D eigenvalue weighted by Crippen LogP contribution is -2.33. The molecule has 6 nitrogen and oxygen atoms in total. The molecule has 0 radical (unpaired) electrons. The first-order valence-electron chi connectivity index (χ1n) is 8.12. The van der Waals surface area contributed by atoms with Crippen molar-refractivity contribution in [3.05, 3.63) is 69.7 Å². The van der Waals surface area contributed by atoms with E-state index in [9.17, 15) is 9.59 Å². The van der Waals surface area contributed by atoms with Crippen molar-refractivity contribution in [3.8, 4) is 5.75 Å². The maximum Gasteiger partial charge on any atom is 0.261 e. The van der Waals surface area contributed by atoms with Crippen LogP contribution in [-0.4, -0.2) is 29.1 Å². The Morgan fingerprint density at radius 1 is 1.23 bits per heavy atom. The van der Waals surface area contributed by atoms with Crippen LogP contribution in [-0.2, 0) is 17.8 Å². The van der Waals surface area contributed by atoms with Crippen molar-refractivity contribution in [2.45, 2.75) is 13.0 Å². The third kappa shape index (κ3) is 4.03. The van der Waals surface area contributed by atoms with Crippen molar-refractivity contribution in [2.75, 3.05) is 13.7 Å². The summed E-state index contributed by atoms with van der Waals surface area (Å²) in [6.07, 6.45) is 2.05. The first-order valence-corrected chi connectivity index (χ1v) is 8.49. The summed E-state index contributed by atoms with van der Waals surface area (Å²) in [7, 11) is 1.52. The molecule has 7 heteroatoms. The number of carbonyl (C=O) groups is 1. The molecular formula is C19H18ClN3O3. The highest BCUT2D eigenvalue weighted by Gasteiger charge is 2.10. The van der Waals surface area contributed by atoms with E-state index in [-0.39, 0.29) is 18.0 Å². The molecule has 0 aliphatic rings. The quantitative estimate of drug-likeness (QED) is 0.722. The van der Waals surface area contributed by atoms with Gasteiger partial charge in [-0.3, -0.25) is 14.2 Å². The highest BCUT2D eigenvalue weighted by Crippen LogP contribution is 2.19. The van der Waals surface area contributed by atoms with Crippen LogP contribution in [0, 0.1) is 0 Å². The van der Waals surface area contributed by atoms with E-state index >= 15 is 0 Å². The molecule has 1 aromatic heterocycles. The lowest BCUT2D eigenvalue weighted by Gasteiger charge is -2.09. The molecular weight excluding hydrogens is 354 g/mol. The molecule has 1 amide bonds. The second-order valence-corrected chi connectivity index (χ2v) is 6.20. The number of fused-ring (bicyclic) bond motifs is 1. The van der Waals surface area contributed by atoms with Gasteiger partial charge in [-0.2, -0.15) is 0 Å². The van der Waals surface area contributed by atoms with E-state index in [1.807, 2.05) is 24.3 Å². The normalized spacial score (nSPS) is 10.7. The number of hydrogen-bond acceptors (Lipinski definition) is 4. The molecule has 0 atom stereocenters. The van der Waals surface area contributed by atoms with E-state index < -0.39 is 0 Å². The smallest absolute Gasteiger partial charge is 0.261 e. The predicted molar refractivity (Wildman–Crippen MR) is 101 cm³/mol. The van der Waals surface area contributed by atoms with Gasteiger partial charge in [0.1, 0.15) is 17.8 Å². The number of rotatable bonds is 6. The number of benzene rings is 2. The first kappa shape index (κ1) is 17.9. The molecule has 1 heterocycles. The second kappa shape index (κ2) is 8.01. The Hall–Kier alpha value is -2.86. The number of aromatic nitrogens is 2. The Labute approximate surface area is 155 Å². The highest BCUT2D eigenvalue weighted by atomic mass is 35.5. The van der Waals surface area contributed by atoms with Crippen LogP contribution in [0.4, 0.5) is 0 Å². The van der Waals surface area contributed by atoms with E-state index in [1.165, 1.54) is 18.0 Å². The fraction of sp³-hybridized carbons (Fsp3) is 0.211. The lowest BCUT2D eigenvalue weighted by molar-refractivity contribution is -0.121. The molecule has 0 aliphatic carbocycles. The predicted octanol–water partition coefficient (Wildman–Crippen LogP) is 2.42. The molecule has 0 saturated heterocycles. The SMILES string of the molecule is COc1cccc2c(=O)n(CC(=O)NCCc3ccc(Cl)cc3)cnc12. The zero-order chi connectivity index (χ0) is 18.5. The van der Waals surface area contributed by atoms with Gasteiger partial charge in [0.2, 0.25) is 5.91 Å². The van der Waals surface area contributed by atoms with E-state index in [2.05, 4.69) is 10.3 Å². The van der Waals surface area contributed by atoms with Gasteiger partial charge < -0.3 is 10.1 Å².